The number of amides is 1. The highest BCUT2D eigenvalue weighted by Gasteiger charge is 2.31. The number of nitrogens with one attached hydrogen (secondary N) is 1. The maximum atomic E-state index is 13.1. The van der Waals surface area contributed by atoms with E-state index in [1.54, 1.807) is 69.6 Å². The Balaban J connectivity index is 2.07. The summed E-state index contributed by atoms with van der Waals surface area (Å²) in [5.74, 6) is 0.00102. The molecule has 0 radical (unpaired) electrons. The highest BCUT2D eigenvalue weighted by Crippen LogP contribution is 2.36. The molecule has 1 atom stereocenters. The quantitative estimate of drug-likeness (QED) is 0.335. The van der Waals surface area contributed by atoms with Crippen LogP contribution in [0.15, 0.2) is 48.8 Å². The second kappa shape index (κ2) is 11.6. The number of hydrogen-bond donors (Lipinski definition) is 1. The van der Waals surface area contributed by atoms with E-state index in [0.29, 0.717) is 28.1 Å². The fraction of sp³-hybridized carbons (Fsp3) is 0.385. The van der Waals surface area contributed by atoms with Gasteiger partial charge in [-0.25, -0.2) is 4.79 Å². The Bertz CT molecular complexity index is 1260. The number of aromatic nitrogens is 3. The fourth-order valence-electron chi connectivity index (χ4n) is 3.77. The minimum atomic E-state index is -4.40. The molecule has 3 aromatic rings. The molecule has 0 aliphatic carbocycles. The van der Waals surface area contributed by atoms with Gasteiger partial charge >= 0.3 is 12.3 Å². The highest BCUT2D eigenvalue weighted by molar-refractivity contribution is 6.17. The van der Waals surface area contributed by atoms with Gasteiger partial charge in [-0.2, -0.15) is 23.5 Å². The summed E-state index contributed by atoms with van der Waals surface area (Å²) in [6.45, 7) is 4.92. The standard InChI is InChI=1S/C26H27ClF3N5O2/c1-25(2,3)37-24(36)33-20(7-10-26(28,29)30)16-35-21(14-27)22(18-8-11-32-12-9-18)23(34-35)19-6-4-5-17(13-19)15-31/h4-6,8-9,11-13,20H,7,10,14,16H2,1-3H3,(H,33,36)/t20-/m1/s1. The van der Waals surface area contributed by atoms with Crippen LogP contribution in [0.1, 0.15) is 44.9 Å². The number of rotatable bonds is 8. The number of alkyl carbamates (subject to hydrolysis) is 1. The Labute approximate surface area is 218 Å². The Kier molecular flexibility index (Phi) is 8.81. The summed E-state index contributed by atoms with van der Waals surface area (Å²) >= 11 is 6.35. The van der Waals surface area contributed by atoms with Gasteiger partial charge in [-0.05, 0) is 57.0 Å². The van der Waals surface area contributed by atoms with Crippen LogP contribution in [0.3, 0.4) is 0 Å². The van der Waals surface area contributed by atoms with Gasteiger partial charge in [0.1, 0.15) is 11.3 Å². The van der Waals surface area contributed by atoms with Crippen LogP contribution in [0.25, 0.3) is 22.4 Å². The molecule has 0 bridgehead atoms. The van der Waals surface area contributed by atoms with Gasteiger partial charge < -0.3 is 10.1 Å². The van der Waals surface area contributed by atoms with Gasteiger partial charge in [0.25, 0.3) is 0 Å². The van der Waals surface area contributed by atoms with Crippen LogP contribution in [0, 0.1) is 11.3 Å². The lowest BCUT2D eigenvalue weighted by atomic mass is 9.99. The molecule has 196 valence electrons. The number of carbonyl (C=O) groups excluding carboxylic acids is 1. The van der Waals surface area contributed by atoms with E-state index in [1.165, 1.54) is 4.68 Å². The monoisotopic (exact) mass is 533 g/mol. The van der Waals surface area contributed by atoms with E-state index in [1.807, 2.05) is 0 Å². The Morgan fingerprint density at radius 2 is 1.89 bits per heavy atom. The average Bonchev–Trinajstić information content (AvgIpc) is 3.19. The topological polar surface area (TPSA) is 92.8 Å². The molecule has 1 aromatic carbocycles. The largest absolute Gasteiger partial charge is 0.444 e. The van der Waals surface area contributed by atoms with Crippen molar-refractivity contribution in [2.45, 2.75) is 63.9 Å². The second-order valence-corrected chi connectivity index (χ2v) is 9.68. The second-order valence-electron chi connectivity index (χ2n) is 9.41. The predicted molar refractivity (Wildman–Crippen MR) is 134 cm³/mol. The molecule has 0 saturated carbocycles. The number of nitrogens with zero attached hydrogens (tertiary/aromatic N) is 4. The fourth-order valence-corrected chi connectivity index (χ4v) is 4.05. The summed E-state index contributed by atoms with van der Waals surface area (Å²) in [6.07, 6.45) is -3.49. The predicted octanol–water partition coefficient (Wildman–Crippen LogP) is 6.46. The number of pyridine rings is 1. The number of benzene rings is 1. The van der Waals surface area contributed by atoms with Gasteiger partial charge in [0.05, 0.1) is 35.8 Å². The minimum Gasteiger partial charge on any atom is -0.444 e. The molecule has 1 amide bonds. The third-order valence-corrected chi connectivity index (χ3v) is 5.56. The summed E-state index contributed by atoms with van der Waals surface area (Å²) in [5.41, 5.74) is 2.72. The van der Waals surface area contributed by atoms with Crippen LogP contribution in [-0.4, -0.2) is 38.7 Å². The smallest absolute Gasteiger partial charge is 0.407 e. The van der Waals surface area contributed by atoms with Crippen LogP contribution < -0.4 is 5.32 Å². The lowest BCUT2D eigenvalue weighted by Crippen LogP contribution is -2.42. The highest BCUT2D eigenvalue weighted by atomic mass is 35.5. The summed E-state index contributed by atoms with van der Waals surface area (Å²) in [4.78, 5) is 16.5. The first-order valence-corrected chi connectivity index (χ1v) is 12.1. The van der Waals surface area contributed by atoms with Crippen molar-refractivity contribution < 1.29 is 22.7 Å². The minimum absolute atomic E-state index is 0.00102. The van der Waals surface area contributed by atoms with Crippen LogP contribution in [-0.2, 0) is 17.2 Å². The van der Waals surface area contributed by atoms with E-state index in [2.05, 4.69) is 16.4 Å². The molecule has 11 heteroatoms. The number of halogens is 4. The molecule has 37 heavy (non-hydrogen) atoms. The van der Waals surface area contributed by atoms with Gasteiger partial charge in [0.2, 0.25) is 0 Å². The molecule has 0 unspecified atom stereocenters. The first kappa shape index (κ1) is 28.0. The molecule has 0 aliphatic heterocycles. The molecular formula is C26H27ClF3N5O2. The molecule has 0 aliphatic rings. The zero-order valence-electron chi connectivity index (χ0n) is 20.6. The molecule has 2 aromatic heterocycles. The van der Waals surface area contributed by atoms with Crippen molar-refractivity contribution in [2.75, 3.05) is 0 Å². The molecule has 1 N–H and O–H groups in total. The van der Waals surface area contributed by atoms with E-state index in [9.17, 15) is 23.2 Å². The molecule has 7 nitrogen and oxygen atoms in total. The molecule has 3 rings (SSSR count). The van der Waals surface area contributed by atoms with Gasteiger partial charge in [-0.15, -0.1) is 11.6 Å². The van der Waals surface area contributed by atoms with E-state index in [4.69, 9.17) is 21.4 Å². The third kappa shape index (κ3) is 7.95. The van der Waals surface area contributed by atoms with Crippen molar-refractivity contribution in [3.63, 3.8) is 0 Å². The average molecular weight is 534 g/mol. The maximum absolute atomic E-state index is 13.1. The lowest BCUT2D eigenvalue weighted by molar-refractivity contribution is -0.136. The SMILES string of the molecule is CC(C)(C)OC(=O)N[C@H](CCC(F)(F)F)Cn1nc(-c2cccc(C#N)c2)c(-c2ccncc2)c1CCl. The van der Waals surface area contributed by atoms with Crippen molar-refractivity contribution in [1.29, 1.82) is 5.26 Å². The lowest BCUT2D eigenvalue weighted by Gasteiger charge is -2.24. The van der Waals surface area contributed by atoms with E-state index in [0.717, 1.165) is 5.56 Å². The molecule has 2 heterocycles. The number of carbonyl (C=O) groups is 1. The normalized spacial score (nSPS) is 12.6. The molecule has 0 saturated heterocycles. The van der Waals surface area contributed by atoms with Crippen molar-refractivity contribution in [1.82, 2.24) is 20.1 Å². The zero-order chi connectivity index (χ0) is 27.2. The number of nitriles is 1. The van der Waals surface area contributed by atoms with E-state index >= 15 is 0 Å². The first-order valence-electron chi connectivity index (χ1n) is 11.5. The van der Waals surface area contributed by atoms with E-state index < -0.39 is 30.3 Å². The Morgan fingerprint density at radius 1 is 1.19 bits per heavy atom. The summed E-state index contributed by atoms with van der Waals surface area (Å²) in [6, 6.07) is 11.5. The summed E-state index contributed by atoms with van der Waals surface area (Å²) in [7, 11) is 0. The summed E-state index contributed by atoms with van der Waals surface area (Å²) in [5, 5.41) is 16.6. The van der Waals surface area contributed by atoms with Gasteiger partial charge in [0, 0.05) is 29.9 Å². The number of alkyl halides is 4. The molecule has 0 spiro atoms. The van der Waals surface area contributed by atoms with Crippen molar-refractivity contribution >= 4 is 17.7 Å². The van der Waals surface area contributed by atoms with Crippen molar-refractivity contribution in [2.24, 2.45) is 0 Å². The maximum Gasteiger partial charge on any atom is 0.407 e. The Hall–Kier alpha value is -3.58. The van der Waals surface area contributed by atoms with Crippen LogP contribution in [0.5, 0.6) is 0 Å². The van der Waals surface area contributed by atoms with Gasteiger partial charge in [-0.1, -0.05) is 12.1 Å². The number of ether oxygens (including phenoxy) is 1. The van der Waals surface area contributed by atoms with Gasteiger partial charge in [0.15, 0.2) is 0 Å². The zero-order valence-corrected chi connectivity index (χ0v) is 21.4. The molecular weight excluding hydrogens is 507 g/mol. The Morgan fingerprint density at radius 3 is 2.49 bits per heavy atom. The van der Waals surface area contributed by atoms with Gasteiger partial charge in [-0.3, -0.25) is 9.67 Å². The van der Waals surface area contributed by atoms with E-state index in [-0.39, 0.29) is 18.8 Å². The third-order valence-electron chi connectivity index (χ3n) is 5.31. The van der Waals surface area contributed by atoms with Crippen LogP contribution in [0.2, 0.25) is 0 Å². The van der Waals surface area contributed by atoms with Crippen LogP contribution >= 0.6 is 11.6 Å². The first-order chi connectivity index (χ1) is 17.4. The van der Waals surface area contributed by atoms with Crippen molar-refractivity contribution in [3.8, 4) is 28.5 Å². The van der Waals surface area contributed by atoms with Crippen molar-refractivity contribution in [3.05, 3.63) is 60.0 Å². The number of hydrogen-bond acceptors (Lipinski definition) is 5. The summed E-state index contributed by atoms with van der Waals surface area (Å²) < 4.78 is 46.0. The van der Waals surface area contributed by atoms with Crippen LogP contribution in [0.4, 0.5) is 18.0 Å². The molecule has 0 fully saturated rings.